The van der Waals surface area contributed by atoms with Gasteiger partial charge >= 0.3 is 18.0 Å². The van der Waals surface area contributed by atoms with Crippen LogP contribution in [0.15, 0.2) is 0 Å². The van der Waals surface area contributed by atoms with Crippen LogP contribution in [0.4, 0.5) is 4.79 Å². The third-order valence-corrected chi connectivity index (χ3v) is 2.29. The molecule has 7 nitrogen and oxygen atoms in total. The number of urea groups is 1. The van der Waals surface area contributed by atoms with Crippen molar-refractivity contribution >= 4 is 18.0 Å². The highest BCUT2D eigenvalue weighted by Gasteiger charge is 2.33. The number of rotatable bonds is 4. The molecule has 0 heterocycles. The second kappa shape index (κ2) is 6.23. The smallest absolute Gasteiger partial charge is 0.328 e. The maximum atomic E-state index is 11.5. The van der Waals surface area contributed by atoms with Gasteiger partial charge in [-0.3, -0.25) is 0 Å². The first-order chi connectivity index (χ1) is 8.09. The van der Waals surface area contributed by atoms with Crippen molar-refractivity contribution in [3.63, 3.8) is 0 Å². The molecule has 0 bridgehead atoms. The molecule has 0 rings (SSSR count). The van der Waals surface area contributed by atoms with E-state index in [9.17, 15) is 14.4 Å². The minimum atomic E-state index is -1.14. The number of carbonyl (C=O) groups excluding carboxylic acids is 2. The maximum absolute atomic E-state index is 11.5. The Morgan fingerprint density at radius 2 is 1.67 bits per heavy atom. The molecule has 0 spiro atoms. The number of ether oxygens (including phenoxy) is 1. The van der Waals surface area contributed by atoms with Crippen LogP contribution in [0.5, 0.6) is 0 Å². The van der Waals surface area contributed by atoms with Crippen LogP contribution in [-0.2, 0) is 14.3 Å². The van der Waals surface area contributed by atoms with Crippen molar-refractivity contribution in [3.8, 4) is 0 Å². The molecule has 0 radical (unpaired) electrons. The zero-order valence-electron chi connectivity index (χ0n) is 11.2. The lowest BCUT2D eigenvalue weighted by atomic mass is 9.87. The fourth-order valence-corrected chi connectivity index (χ4v) is 1.25. The predicted octanol–water partition coefficient (Wildman–Crippen LogP) is 0.346. The number of carboxylic acids is 1. The van der Waals surface area contributed by atoms with E-state index < -0.39 is 35.5 Å². The van der Waals surface area contributed by atoms with Crippen LogP contribution in [-0.4, -0.2) is 42.3 Å². The van der Waals surface area contributed by atoms with E-state index in [1.807, 2.05) is 0 Å². The van der Waals surface area contributed by atoms with Gasteiger partial charge < -0.3 is 20.5 Å². The molecule has 2 unspecified atom stereocenters. The molecular weight excluding hydrogens is 240 g/mol. The number of carboxylic acid groups (broad SMARTS) is 1. The molecule has 0 aliphatic carbocycles. The van der Waals surface area contributed by atoms with E-state index in [-0.39, 0.29) is 0 Å². The molecule has 18 heavy (non-hydrogen) atoms. The fraction of sp³-hybridized carbons (Fsp3) is 0.727. The Morgan fingerprint density at radius 1 is 1.17 bits per heavy atom. The quantitative estimate of drug-likeness (QED) is 0.632. The van der Waals surface area contributed by atoms with Gasteiger partial charge in [-0.15, -0.1) is 0 Å². The number of nitrogens with one attached hydrogen (secondary N) is 2. The number of methoxy groups -OCH3 is 1. The zero-order chi connectivity index (χ0) is 14.5. The molecule has 2 amide bonds. The van der Waals surface area contributed by atoms with Crippen molar-refractivity contribution in [2.75, 3.05) is 7.11 Å². The van der Waals surface area contributed by atoms with Crippen molar-refractivity contribution in [2.24, 2.45) is 5.41 Å². The number of hydrogen-bond acceptors (Lipinski definition) is 4. The van der Waals surface area contributed by atoms with Crippen molar-refractivity contribution in [3.05, 3.63) is 0 Å². The average Bonchev–Trinajstić information content (AvgIpc) is 2.22. The fourth-order valence-electron chi connectivity index (χ4n) is 1.25. The maximum Gasteiger partial charge on any atom is 0.328 e. The van der Waals surface area contributed by atoms with Crippen molar-refractivity contribution in [1.29, 1.82) is 0 Å². The number of amides is 2. The predicted molar refractivity (Wildman–Crippen MR) is 64.0 cm³/mol. The molecular formula is C11H20N2O5. The monoisotopic (exact) mass is 260 g/mol. The summed E-state index contributed by atoms with van der Waals surface area (Å²) in [5.74, 6) is -1.74. The third kappa shape index (κ3) is 5.03. The highest BCUT2D eigenvalue weighted by atomic mass is 16.5. The van der Waals surface area contributed by atoms with Gasteiger partial charge in [-0.25, -0.2) is 14.4 Å². The first kappa shape index (κ1) is 16.2. The Hall–Kier alpha value is -1.79. The zero-order valence-corrected chi connectivity index (χ0v) is 11.2. The summed E-state index contributed by atoms with van der Waals surface area (Å²) >= 11 is 0. The molecule has 2 atom stereocenters. The van der Waals surface area contributed by atoms with Gasteiger partial charge in [0.15, 0.2) is 0 Å². The van der Waals surface area contributed by atoms with Gasteiger partial charge in [0.25, 0.3) is 0 Å². The summed E-state index contributed by atoms with van der Waals surface area (Å²) in [6.45, 7) is 6.51. The normalized spacial score (nSPS) is 14.3. The average molecular weight is 260 g/mol. The van der Waals surface area contributed by atoms with Crippen LogP contribution < -0.4 is 10.6 Å². The Labute approximate surface area is 106 Å². The minimum absolute atomic E-state index is 0.604. The Kier molecular flexibility index (Phi) is 5.61. The second-order valence-corrected chi connectivity index (χ2v) is 5.00. The van der Waals surface area contributed by atoms with Crippen LogP contribution in [0.25, 0.3) is 0 Å². The summed E-state index contributed by atoms with van der Waals surface area (Å²) in [4.78, 5) is 33.6. The topological polar surface area (TPSA) is 105 Å². The minimum Gasteiger partial charge on any atom is -0.480 e. The lowest BCUT2D eigenvalue weighted by Crippen LogP contribution is -2.54. The summed E-state index contributed by atoms with van der Waals surface area (Å²) in [6.07, 6.45) is 0. The SMILES string of the molecule is COC(=O)C(C)NC(=O)NC(C(=O)O)C(C)(C)C. The number of esters is 1. The van der Waals surface area contributed by atoms with Gasteiger partial charge in [0, 0.05) is 0 Å². The van der Waals surface area contributed by atoms with Crippen molar-refractivity contribution < 1.29 is 24.2 Å². The molecule has 0 aromatic rings. The van der Waals surface area contributed by atoms with Crippen LogP contribution >= 0.6 is 0 Å². The number of carbonyl (C=O) groups is 3. The highest BCUT2D eigenvalue weighted by Crippen LogP contribution is 2.19. The molecule has 0 saturated carbocycles. The molecule has 7 heteroatoms. The van der Waals surface area contributed by atoms with Gasteiger partial charge in [0.05, 0.1) is 7.11 Å². The molecule has 104 valence electrons. The highest BCUT2D eigenvalue weighted by molar-refractivity contribution is 5.86. The van der Waals surface area contributed by atoms with E-state index in [2.05, 4.69) is 15.4 Å². The molecule has 0 aromatic carbocycles. The van der Waals surface area contributed by atoms with E-state index in [0.29, 0.717) is 0 Å². The van der Waals surface area contributed by atoms with Crippen LogP contribution in [0, 0.1) is 5.41 Å². The van der Waals surface area contributed by atoms with Gasteiger partial charge in [0.1, 0.15) is 12.1 Å². The lowest BCUT2D eigenvalue weighted by molar-refractivity contribution is -0.142. The molecule has 0 fully saturated rings. The standard InChI is InChI=1S/C11H20N2O5/c1-6(9(16)18-5)12-10(17)13-7(8(14)15)11(2,3)4/h6-7H,1-5H3,(H,14,15)(H2,12,13,17). The molecule has 0 aliphatic heterocycles. The molecule has 0 saturated heterocycles. The van der Waals surface area contributed by atoms with Crippen LogP contribution in [0.2, 0.25) is 0 Å². The number of aliphatic carboxylic acids is 1. The molecule has 0 aliphatic rings. The summed E-state index contributed by atoms with van der Waals surface area (Å²) in [6, 6.07) is -2.62. The van der Waals surface area contributed by atoms with Crippen LogP contribution in [0.3, 0.4) is 0 Å². The van der Waals surface area contributed by atoms with Gasteiger partial charge in [-0.05, 0) is 12.3 Å². The van der Waals surface area contributed by atoms with E-state index in [1.165, 1.54) is 14.0 Å². The molecule has 3 N–H and O–H groups in total. The van der Waals surface area contributed by atoms with E-state index in [4.69, 9.17) is 5.11 Å². The second-order valence-electron chi connectivity index (χ2n) is 5.00. The Bertz CT molecular complexity index is 335. The summed E-state index contributed by atoms with van der Waals surface area (Å²) in [5.41, 5.74) is -0.641. The van der Waals surface area contributed by atoms with Gasteiger partial charge in [0.2, 0.25) is 0 Å². The Balaban J connectivity index is 4.54. The third-order valence-electron chi connectivity index (χ3n) is 2.29. The van der Waals surface area contributed by atoms with Crippen molar-refractivity contribution in [1.82, 2.24) is 10.6 Å². The lowest BCUT2D eigenvalue weighted by Gasteiger charge is -2.28. The van der Waals surface area contributed by atoms with Gasteiger partial charge in [-0.2, -0.15) is 0 Å². The number of hydrogen-bond donors (Lipinski definition) is 3. The Morgan fingerprint density at radius 3 is 2.00 bits per heavy atom. The first-order valence-corrected chi connectivity index (χ1v) is 5.47. The first-order valence-electron chi connectivity index (χ1n) is 5.47. The van der Waals surface area contributed by atoms with Gasteiger partial charge in [-0.1, -0.05) is 20.8 Å². The van der Waals surface area contributed by atoms with E-state index in [0.717, 1.165) is 0 Å². The largest absolute Gasteiger partial charge is 0.480 e. The van der Waals surface area contributed by atoms with Crippen molar-refractivity contribution in [2.45, 2.75) is 39.8 Å². The van der Waals surface area contributed by atoms with Crippen LogP contribution in [0.1, 0.15) is 27.7 Å². The summed E-state index contributed by atoms with van der Waals surface area (Å²) < 4.78 is 4.43. The van der Waals surface area contributed by atoms with E-state index >= 15 is 0 Å². The summed E-state index contributed by atoms with van der Waals surface area (Å²) in [5, 5.41) is 13.6. The van der Waals surface area contributed by atoms with E-state index in [1.54, 1.807) is 20.8 Å². The molecule has 0 aromatic heterocycles. The summed E-state index contributed by atoms with van der Waals surface area (Å²) in [7, 11) is 1.20.